The zero-order valence-corrected chi connectivity index (χ0v) is 11.5. The van der Waals surface area contributed by atoms with E-state index in [1.807, 2.05) is 12.1 Å². The minimum absolute atomic E-state index is 0.217. The fraction of sp³-hybridized carbons (Fsp3) is 0.571. The summed E-state index contributed by atoms with van der Waals surface area (Å²) in [6.45, 7) is 4.05. The van der Waals surface area contributed by atoms with Gasteiger partial charge in [-0.1, -0.05) is 6.07 Å². The van der Waals surface area contributed by atoms with Crippen molar-refractivity contribution in [2.24, 2.45) is 11.5 Å². The molecular weight excluding hydrogens is 256 g/mol. The van der Waals surface area contributed by atoms with Crippen LogP contribution in [0.2, 0.25) is 0 Å². The summed E-state index contributed by atoms with van der Waals surface area (Å²) in [4.78, 5) is 2.30. The first-order chi connectivity index (χ1) is 9.85. The second-order valence-corrected chi connectivity index (χ2v) is 5.15. The molecular formula is C14H22N4O2. The van der Waals surface area contributed by atoms with Gasteiger partial charge in [0.15, 0.2) is 11.5 Å². The van der Waals surface area contributed by atoms with E-state index < -0.39 is 0 Å². The minimum atomic E-state index is 0.217. The quantitative estimate of drug-likeness (QED) is 0.692. The van der Waals surface area contributed by atoms with Crippen molar-refractivity contribution in [1.29, 1.82) is 0 Å². The van der Waals surface area contributed by atoms with Crippen LogP contribution in [0.15, 0.2) is 18.2 Å². The van der Waals surface area contributed by atoms with Crippen molar-refractivity contribution in [3.8, 4) is 11.5 Å². The summed E-state index contributed by atoms with van der Waals surface area (Å²) >= 11 is 0. The molecule has 6 heteroatoms. The summed E-state index contributed by atoms with van der Waals surface area (Å²) in [5, 5.41) is 3.39. The predicted octanol–water partition coefficient (Wildman–Crippen LogP) is -0.478. The van der Waals surface area contributed by atoms with Crippen molar-refractivity contribution in [3.05, 3.63) is 18.2 Å². The van der Waals surface area contributed by atoms with E-state index in [-0.39, 0.29) is 12.1 Å². The summed E-state index contributed by atoms with van der Waals surface area (Å²) in [5.41, 5.74) is 12.9. The van der Waals surface area contributed by atoms with Crippen LogP contribution in [0.25, 0.3) is 0 Å². The number of benzene rings is 1. The Morgan fingerprint density at radius 3 is 2.50 bits per heavy atom. The third kappa shape index (κ3) is 2.30. The molecule has 2 heterocycles. The molecule has 20 heavy (non-hydrogen) atoms. The molecule has 2 aliphatic rings. The van der Waals surface area contributed by atoms with E-state index in [9.17, 15) is 0 Å². The molecule has 3 rings (SSSR count). The molecule has 1 aromatic rings. The number of hydrogen-bond acceptors (Lipinski definition) is 6. The van der Waals surface area contributed by atoms with Gasteiger partial charge in [-0.3, -0.25) is 0 Å². The SMILES string of the molecule is NCC1CNCC(CN)N1c1cccc2c1OCCO2. The van der Waals surface area contributed by atoms with Crippen LogP contribution in [-0.4, -0.2) is 51.5 Å². The fourth-order valence-electron chi connectivity index (χ4n) is 2.96. The highest BCUT2D eigenvalue weighted by Gasteiger charge is 2.32. The van der Waals surface area contributed by atoms with Gasteiger partial charge in [0.25, 0.3) is 0 Å². The summed E-state index contributed by atoms with van der Waals surface area (Å²) in [6, 6.07) is 6.43. The standard InChI is InChI=1S/C14H22N4O2/c15-6-10-8-17-9-11(7-16)18(10)12-2-1-3-13-14(12)20-5-4-19-13/h1-3,10-11,17H,4-9,15-16H2. The Hall–Kier alpha value is -1.50. The van der Waals surface area contributed by atoms with Crippen LogP contribution in [-0.2, 0) is 0 Å². The maximum atomic E-state index is 5.93. The number of fused-ring (bicyclic) bond motifs is 1. The zero-order valence-electron chi connectivity index (χ0n) is 11.5. The van der Waals surface area contributed by atoms with Crippen LogP contribution in [0.1, 0.15) is 0 Å². The second-order valence-electron chi connectivity index (χ2n) is 5.15. The summed E-state index contributed by atoms with van der Waals surface area (Å²) in [7, 11) is 0. The van der Waals surface area contributed by atoms with Gasteiger partial charge >= 0.3 is 0 Å². The Balaban J connectivity index is 2.00. The first kappa shape index (κ1) is 13.5. The Bertz CT molecular complexity index is 456. The Kier molecular flexibility index (Phi) is 3.95. The minimum Gasteiger partial charge on any atom is -0.486 e. The molecule has 1 fully saturated rings. The lowest BCUT2D eigenvalue weighted by Gasteiger charge is -2.44. The number of anilines is 1. The number of hydrogen-bond donors (Lipinski definition) is 3. The lowest BCUT2D eigenvalue weighted by Crippen LogP contribution is -2.62. The molecule has 0 spiro atoms. The molecule has 110 valence electrons. The largest absolute Gasteiger partial charge is 0.486 e. The topological polar surface area (TPSA) is 85.8 Å². The van der Waals surface area contributed by atoms with Crippen molar-refractivity contribution in [2.75, 3.05) is 44.3 Å². The van der Waals surface area contributed by atoms with Crippen molar-refractivity contribution in [1.82, 2.24) is 5.32 Å². The molecule has 0 radical (unpaired) electrons. The molecule has 0 aliphatic carbocycles. The first-order valence-corrected chi connectivity index (χ1v) is 7.13. The molecule has 2 atom stereocenters. The summed E-state index contributed by atoms with van der Waals surface area (Å²) < 4.78 is 11.5. The van der Waals surface area contributed by atoms with Crippen molar-refractivity contribution >= 4 is 5.69 Å². The lowest BCUT2D eigenvalue weighted by molar-refractivity contribution is 0.171. The van der Waals surface area contributed by atoms with Crippen molar-refractivity contribution in [3.63, 3.8) is 0 Å². The Labute approximate surface area is 119 Å². The summed E-state index contributed by atoms with van der Waals surface area (Å²) in [6.07, 6.45) is 0. The third-order valence-electron chi connectivity index (χ3n) is 3.91. The fourth-order valence-corrected chi connectivity index (χ4v) is 2.96. The highest BCUT2D eigenvalue weighted by molar-refractivity contribution is 5.66. The molecule has 0 bridgehead atoms. The molecule has 0 saturated carbocycles. The average Bonchev–Trinajstić information content (AvgIpc) is 2.53. The number of nitrogens with one attached hydrogen (secondary N) is 1. The summed E-state index contributed by atoms with van der Waals surface area (Å²) in [5.74, 6) is 1.62. The first-order valence-electron chi connectivity index (χ1n) is 7.13. The van der Waals surface area contributed by atoms with Crippen LogP contribution in [0.5, 0.6) is 11.5 Å². The van der Waals surface area contributed by atoms with E-state index in [0.29, 0.717) is 26.3 Å². The zero-order chi connectivity index (χ0) is 13.9. The smallest absolute Gasteiger partial charge is 0.184 e. The normalized spacial score (nSPS) is 25.6. The molecule has 2 unspecified atom stereocenters. The number of para-hydroxylation sites is 1. The number of ether oxygens (including phenoxy) is 2. The molecule has 5 N–H and O–H groups in total. The maximum absolute atomic E-state index is 5.93. The number of piperazine rings is 1. The lowest BCUT2D eigenvalue weighted by atomic mass is 10.0. The van der Waals surface area contributed by atoms with Crippen molar-refractivity contribution < 1.29 is 9.47 Å². The average molecular weight is 278 g/mol. The molecule has 1 saturated heterocycles. The molecule has 0 aromatic heterocycles. The van der Waals surface area contributed by atoms with Crippen LogP contribution in [0.4, 0.5) is 5.69 Å². The van der Waals surface area contributed by atoms with Crippen LogP contribution in [0.3, 0.4) is 0 Å². The van der Waals surface area contributed by atoms with E-state index in [2.05, 4.69) is 16.3 Å². The predicted molar refractivity (Wildman–Crippen MR) is 78.5 cm³/mol. The Morgan fingerprint density at radius 1 is 1.10 bits per heavy atom. The van der Waals surface area contributed by atoms with E-state index in [1.54, 1.807) is 0 Å². The van der Waals surface area contributed by atoms with Gasteiger partial charge in [0, 0.05) is 26.2 Å². The van der Waals surface area contributed by atoms with Crippen molar-refractivity contribution in [2.45, 2.75) is 12.1 Å². The molecule has 1 aromatic carbocycles. The van der Waals surface area contributed by atoms with Gasteiger partial charge < -0.3 is 31.2 Å². The molecule has 0 amide bonds. The van der Waals surface area contributed by atoms with E-state index in [4.69, 9.17) is 20.9 Å². The van der Waals surface area contributed by atoms with Gasteiger partial charge in [0.05, 0.1) is 17.8 Å². The highest BCUT2D eigenvalue weighted by atomic mass is 16.6. The highest BCUT2D eigenvalue weighted by Crippen LogP contribution is 2.41. The maximum Gasteiger partial charge on any atom is 0.184 e. The number of rotatable bonds is 3. The van der Waals surface area contributed by atoms with E-state index >= 15 is 0 Å². The van der Waals surface area contributed by atoms with Crippen LogP contribution >= 0.6 is 0 Å². The van der Waals surface area contributed by atoms with Gasteiger partial charge in [-0.25, -0.2) is 0 Å². The van der Waals surface area contributed by atoms with Crippen LogP contribution in [0, 0.1) is 0 Å². The molecule has 2 aliphatic heterocycles. The number of nitrogens with two attached hydrogens (primary N) is 2. The number of nitrogens with zero attached hydrogens (tertiary/aromatic N) is 1. The van der Waals surface area contributed by atoms with Gasteiger partial charge in [-0.05, 0) is 12.1 Å². The van der Waals surface area contributed by atoms with Gasteiger partial charge in [0.1, 0.15) is 13.2 Å². The second kappa shape index (κ2) is 5.87. The third-order valence-corrected chi connectivity index (χ3v) is 3.91. The van der Waals surface area contributed by atoms with E-state index in [1.165, 1.54) is 0 Å². The van der Waals surface area contributed by atoms with Crippen LogP contribution < -0.4 is 31.2 Å². The molecule has 6 nitrogen and oxygen atoms in total. The van der Waals surface area contributed by atoms with E-state index in [0.717, 1.165) is 30.3 Å². The Morgan fingerprint density at radius 2 is 1.80 bits per heavy atom. The van der Waals surface area contributed by atoms with Gasteiger partial charge in [-0.2, -0.15) is 0 Å². The van der Waals surface area contributed by atoms with Gasteiger partial charge in [0.2, 0.25) is 0 Å². The monoisotopic (exact) mass is 278 g/mol. The van der Waals surface area contributed by atoms with Gasteiger partial charge in [-0.15, -0.1) is 0 Å².